The van der Waals surface area contributed by atoms with Gasteiger partial charge in [-0.2, -0.15) is 0 Å². The van der Waals surface area contributed by atoms with Crippen LogP contribution in [0.3, 0.4) is 0 Å². The van der Waals surface area contributed by atoms with Crippen molar-refractivity contribution in [2.24, 2.45) is 0 Å². The van der Waals surface area contributed by atoms with Crippen molar-refractivity contribution < 1.29 is 9.59 Å². The number of amides is 2. The topological polar surface area (TPSA) is 64.7 Å². The Morgan fingerprint density at radius 1 is 0.633 bits per heavy atom. The molecule has 162 valence electrons. The van der Waals surface area contributed by atoms with E-state index in [2.05, 4.69) is 10.6 Å². The molecule has 0 aromatic heterocycles. The Morgan fingerprint density at radius 2 is 0.933 bits per heavy atom. The first-order valence-corrected chi connectivity index (χ1v) is 10.3. The summed E-state index contributed by atoms with van der Waals surface area (Å²) < 4.78 is 0. The quantitative estimate of drug-likeness (QED) is 0.667. The average molecular weight is 411 g/mol. The monoisotopic (exact) mass is 410 g/mol. The van der Waals surface area contributed by atoms with Crippen LogP contribution in [-0.4, -0.2) is 61.9 Å². The molecule has 2 amide bonds. The van der Waals surface area contributed by atoms with Crippen LogP contribution < -0.4 is 10.6 Å². The molecular formula is C24H34N4O2. The van der Waals surface area contributed by atoms with Crippen molar-refractivity contribution in [2.45, 2.75) is 38.0 Å². The first-order chi connectivity index (χ1) is 14.2. The molecule has 0 heterocycles. The van der Waals surface area contributed by atoms with Crippen LogP contribution in [-0.2, 0) is 9.59 Å². The number of rotatable bonds is 9. The van der Waals surface area contributed by atoms with Crippen LogP contribution in [0.5, 0.6) is 0 Å². The number of carbonyl (C=O) groups is 2. The van der Waals surface area contributed by atoms with E-state index in [0.29, 0.717) is 0 Å². The molecule has 4 atom stereocenters. The van der Waals surface area contributed by atoms with E-state index in [0.717, 1.165) is 11.1 Å². The molecule has 2 N–H and O–H groups in total. The summed E-state index contributed by atoms with van der Waals surface area (Å²) in [6.45, 7) is 3.73. The molecule has 0 unspecified atom stereocenters. The van der Waals surface area contributed by atoms with Crippen LogP contribution in [0.4, 0.5) is 0 Å². The largest absolute Gasteiger partial charge is 0.346 e. The van der Waals surface area contributed by atoms with Gasteiger partial charge in [0.15, 0.2) is 0 Å². The predicted octanol–water partition coefficient (Wildman–Crippen LogP) is 2.60. The summed E-state index contributed by atoms with van der Waals surface area (Å²) in [4.78, 5) is 29.6. The second-order valence-corrected chi connectivity index (χ2v) is 8.07. The third kappa shape index (κ3) is 6.15. The fourth-order valence-corrected chi connectivity index (χ4v) is 3.06. The van der Waals surface area contributed by atoms with Gasteiger partial charge in [-0.15, -0.1) is 0 Å². The van der Waals surface area contributed by atoms with Gasteiger partial charge in [-0.1, -0.05) is 60.7 Å². The second kappa shape index (κ2) is 10.9. The lowest BCUT2D eigenvalue weighted by Gasteiger charge is -2.33. The lowest BCUT2D eigenvalue weighted by atomic mass is 9.92. The van der Waals surface area contributed by atoms with Crippen LogP contribution in [0.1, 0.15) is 37.1 Å². The molecule has 0 aliphatic carbocycles. The zero-order valence-corrected chi connectivity index (χ0v) is 18.8. The van der Waals surface area contributed by atoms with Crippen LogP contribution in [0, 0.1) is 0 Å². The standard InChI is InChI=1S/C24H34N4O2/c1-17(27(3)4)23(29)25-21(19-13-9-7-10-14-19)22(20-15-11-8-12-16-20)26-24(30)18(2)28(5)6/h7-18,21-22H,1-6H3,(H,25,29)(H,26,30)/t17-,18-,21-,22-/m0/s1. The van der Waals surface area contributed by atoms with Crippen molar-refractivity contribution in [1.29, 1.82) is 0 Å². The summed E-state index contributed by atoms with van der Waals surface area (Å²) in [5, 5.41) is 6.36. The molecule has 0 aliphatic rings. The summed E-state index contributed by atoms with van der Waals surface area (Å²) in [6, 6.07) is 18.1. The van der Waals surface area contributed by atoms with Gasteiger partial charge in [0.1, 0.15) is 0 Å². The molecule has 2 rings (SSSR count). The first-order valence-electron chi connectivity index (χ1n) is 10.3. The molecule has 6 nitrogen and oxygen atoms in total. The number of nitrogens with zero attached hydrogens (tertiary/aromatic N) is 2. The minimum atomic E-state index is -0.415. The van der Waals surface area contributed by atoms with Gasteiger partial charge in [0.05, 0.1) is 24.2 Å². The SMILES string of the molecule is C[C@@H](C(=O)N[C@@H](c1ccccc1)[C@@H](NC(=O)[C@H](C)N(C)C)c1ccccc1)N(C)C. The summed E-state index contributed by atoms with van der Waals surface area (Å²) in [5.41, 5.74) is 1.87. The van der Waals surface area contributed by atoms with Crippen LogP contribution in [0.15, 0.2) is 60.7 Å². The Kier molecular flexibility index (Phi) is 8.57. The number of carbonyl (C=O) groups excluding carboxylic acids is 2. The van der Waals surface area contributed by atoms with Crippen LogP contribution >= 0.6 is 0 Å². The smallest absolute Gasteiger partial charge is 0.237 e. The summed E-state index contributed by atoms with van der Waals surface area (Å²) in [5.74, 6) is -0.186. The third-order valence-electron chi connectivity index (χ3n) is 5.55. The van der Waals surface area contributed by atoms with Crippen molar-refractivity contribution >= 4 is 11.8 Å². The van der Waals surface area contributed by atoms with Gasteiger partial charge in [0.25, 0.3) is 0 Å². The van der Waals surface area contributed by atoms with E-state index in [4.69, 9.17) is 0 Å². The van der Waals surface area contributed by atoms with Gasteiger partial charge >= 0.3 is 0 Å². The van der Waals surface area contributed by atoms with Gasteiger partial charge in [-0.25, -0.2) is 0 Å². The first kappa shape index (κ1) is 23.6. The van der Waals surface area contributed by atoms with Crippen LogP contribution in [0.2, 0.25) is 0 Å². The van der Waals surface area contributed by atoms with Gasteiger partial charge in [0, 0.05) is 0 Å². The van der Waals surface area contributed by atoms with E-state index in [1.807, 2.05) is 113 Å². The Morgan fingerprint density at radius 3 is 1.20 bits per heavy atom. The molecule has 0 saturated heterocycles. The van der Waals surface area contributed by atoms with E-state index < -0.39 is 12.1 Å². The Bertz CT molecular complexity index is 739. The van der Waals surface area contributed by atoms with Gasteiger partial charge < -0.3 is 10.6 Å². The maximum Gasteiger partial charge on any atom is 0.237 e. The summed E-state index contributed by atoms with van der Waals surface area (Å²) >= 11 is 0. The molecule has 0 fully saturated rings. The number of benzene rings is 2. The highest BCUT2D eigenvalue weighted by Crippen LogP contribution is 2.29. The molecule has 2 aromatic rings. The van der Waals surface area contributed by atoms with E-state index in [-0.39, 0.29) is 23.9 Å². The van der Waals surface area contributed by atoms with Crippen molar-refractivity contribution in [2.75, 3.05) is 28.2 Å². The summed E-state index contributed by atoms with van der Waals surface area (Å²) in [7, 11) is 7.49. The molecular weight excluding hydrogens is 376 g/mol. The second-order valence-electron chi connectivity index (χ2n) is 8.07. The molecule has 2 aromatic carbocycles. The van der Waals surface area contributed by atoms with E-state index in [9.17, 15) is 9.59 Å². The molecule has 0 aliphatic heterocycles. The molecule has 0 radical (unpaired) electrons. The highest BCUT2D eigenvalue weighted by atomic mass is 16.2. The summed E-state index contributed by atoms with van der Waals surface area (Å²) in [6.07, 6.45) is 0. The number of nitrogens with one attached hydrogen (secondary N) is 2. The van der Waals surface area contributed by atoms with Gasteiger partial charge in [0.2, 0.25) is 11.8 Å². The number of hydrogen-bond donors (Lipinski definition) is 2. The third-order valence-corrected chi connectivity index (χ3v) is 5.55. The highest BCUT2D eigenvalue weighted by Gasteiger charge is 2.31. The van der Waals surface area contributed by atoms with Crippen molar-refractivity contribution in [3.05, 3.63) is 71.8 Å². The number of hydrogen-bond acceptors (Lipinski definition) is 4. The van der Waals surface area contributed by atoms with Crippen molar-refractivity contribution in [3.8, 4) is 0 Å². The zero-order valence-electron chi connectivity index (χ0n) is 18.8. The molecule has 0 bridgehead atoms. The normalized spacial score (nSPS) is 15.3. The van der Waals surface area contributed by atoms with Crippen LogP contribution in [0.25, 0.3) is 0 Å². The fourth-order valence-electron chi connectivity index (χ4n) is 3.06. The lowest BCUT2D eigenvalue weighted by Crippen LogP contribution is -2.49. The number of likely N-dealkylation sites (N-methyl/N-ethyl adjacent to an activating group) is 2. The van der Waals surface area contributed by atoms with E-state index in [1.54, 1.807) is 0 Å². The van der Waals surface area contributed by atoms with E-state index >= 15 is 0 Å². The average Bonchev–Trinajstić information content (AvgIpc) is 2.75. The Labute approximate surface area is 180 Å². The maximum atomic E-state index is 13.0. The minimum absolute atomic E-state index is 0.0929. The Hall–Kier alpha value is -2.70. The molecule has 0 spiro atoms. The zero-order chi connectivity index (χ0) is 22.3. The maximum absolute atomic E-state index is 13.0. The molecule has 6 heteroatoms. The van der Waals surface area contributed by atoms with Crippen molar-refractivity contribution in [1.82, 2.24) is 20.4 Å². The minimum Gasteiger partial charge on any atom is -0.346 e. The predicted molar refractivity (Wildman–Crippen MR) is 121 cm³/mol. The molecule has 0 saturated carbocycles. The van der Waals surface area contributed by atoms with E-state index in [1.165, 1.54) is 0 Å². The fraction of sp³-hybridized carbons (Fsp3) is 0.417. The van der Waals surface area contributed by atoms with Gasteiger partial charge in [-0.3, -0.25) is 19.4 Å². The lowest BCUT2D eigenvalue weighted by molar-refractivity contribution is -0.128. The molecule has 30 heavy (non-hydrogen) atoms. The van der Waals surface area contributed by atoms with Gasteiger partial charge in [-0.05, 0) is 53.2 Å². The van der Waals surface area contributed by atoms with Crippen molar-refractivity contribution in [3.63, 3.8) is 0 Å². The Balaban J connectivity index is 2.46. The highest BCUT2D eigenvalue weighted by molar-refractivity contribution is 5.83.